The van der Waals surface area contributed by atoms with E-state index in [1.54, 1.807) is 12.1 Å². The molecule has 0 radical (unpaired) electrons. The summed E-state index contributed by atoms with van der Waals surface area (Å²) in [5, 5.41) is 13.4. The van der Waals surface area contributed by atoms with Crippen LogP contribution < -0.4 is 14.9 Å². The lowest BCUT2D eigenvalue weighted by Gasteiger charge is -2.09. The van der Waals surface area contributed by atoms with Crippen LogP contribution >= 0.6 is 0 Å². The first-order chi connectivity index (χ1) is 8.08. The van der Waals surface area contributed by atoms with E-state index in [-0.39, 0.29) is 23.2 Å². The van der Waals surface area contributed by atoms with Gasteiger partial charge in [0.2, 0.25) is 11.7 Å². The molecule has 92 valence electrons. The van der Waals surface area contributed by atoms with Crippen molar-refractivity contribution in [1.29, 1.82) is 0 Å². The second-order valence-electron chi connectivity index (χ2n) is 3.20. The zero-order valence-corrected chi connectivity index (χ0v) is 9.85. The van der Waals surface area contributed by atoms with Gasteiger partial charge in [0.15, 0.2) is 11.5 Å². The average molecular weight is 238 g/mol. The van der Waals surface area contributed by atoms with Gasteiger partial charge in [-0.2, -0.15) is 5.10 Å². The molecule has 0 fully saturated rings. The Morgan fingerprint density at radius 3 is 2.29 bits per heavy atom. The van der Waals surface area contributed by atoms with Gasteiger partial charge < -0.3 is 14.6 Å². The van der Waals surface area contributed by atoms with E-state index in [9.17, 15) is 9.90 Å². The number of amides is 1. The van der Waals surface area contributed by atoms with E-state index in [4.69, 9.17) is 9.47 Å². The molecule has 0 spiro atoms. The first kappa shape index (κ1) is 12.8. The molecule has 0 aliphatic carbocycles. The maximum atomic E-state index is 10.6. The van der Waals surface area contributed by atoms with Crippen LogP contribution in [0.2, 0.25) is 0 Å². The zero-order valence-electron chi connectivity index (χ0n) is 9.85. The number of rotatable bonds is 4. The number of carbonyl (C=O) groups excluding carboxylic acids is 1. The number of aromatic hydroxyl groups is 1. The van der Waals surface area contributed by atoms with Crippen molar-refractivity contribution in [3.8, 4) is 17.2 Å². The van der Waals surface area contributed by atoms with Gasteiger partial charge in [0, 0.05) is 12.5 Å². The molecule has 17 heavy (non-hydrogen) atoms. The Balaban J connectivity index is 3.00. The molecule has 1 aromatic rings. The van der Waals surface area contributed by atoms with Crippen molar-refractivity contribution in [1.82, 2.24) is 5.43 Å². The van der Waals surface area contributed by atoms with Gasteiger partial charge in [0.05, 0.1) is 20.4 Å². The molecule has 0 saturated carbocycles. The lowest BCUT2D eigenvalue weighted by atomic mass is 10.2. The molecule has 0 bridgehead atoms. The van der Waals surface area contributed by atoms with Crippen molar-refractivity contribution in [3.63, 3.8) is 0 Å². The van der Waals surface area contributed by atoms with Crippen molar-refractivity contribution in [2.24, 2.45) is 5.10 Å². The number of ether oxygens (including phenoxy) is 2. The van der Waals surface area contributed by atoms with Crippen molar-refractivity contribution >= 4 is 12.1 Å². The van der Waals surface area contributed by atoms with Gasteiger partial charge in [0.1, 0.15) is 0 Å². The molecule has 0 aliphatic rings. The van der Waals surface area contributed by atoms with Crippen LogP contribution in [-0.4, -0.2) is 31.4 Å². The molecule has 0 unspecified atom stereocenters. The first-order valence-corrected chi connectivity index (χ1v) is 4.83. The number of nitrogens with one attached hydrogen (secondary N) is 1. The molecule has 1 amide bonds. The fourth-order valence-corrected chi connectivity index (χ4v) is 1.19. The second-order valence-corrected chi connectivity index (χ2v) is 3.20. The number of hydrogen-bond acceptors (Lipinski definition) is 5. The molecule has 1 rings (SSSR count). The maximum absolute atomic E-state index is 10.6. The van der Waals surface area contributed by atoms with Crippen LogP contribution in [0.15, 0.2) is 17.2 Å². The number of benzene rings is 1. The molecule has 0 saturated heterocycles. The molecule has 0 atom stereocenters. The highest BCUT2D eigenvalue weighted by Crippen LogP contribution is 2.36. The summed E-state index contributed by atoms with van der Waals surface area (Å²) < 4.78 is 9.95. The quantitative estimate of drug-likeness (QED) is 0.602. The zero-order chi connectivity index (χ0) is 12.8. The molecule has 2 N–H and O–H groups in total. The van der Waals surface area contributed by atoms with E-state index < -0.39 is 0 Å². The summed E-state index contributed by atoms with van der Waals surface area (Å²) in [4.78, 5) is 10.6. The number of carbonyl (C=O) groups is 1. The molecular formula is C11H14N2O4. The van der Waals surface area contributed by atoms with E-state index in [0.717, 1.165) is 0 Å². The Kier molecular flexibility index (Phi) is 4.33. The van der Waals surface area contributed by atoms with Gasteiger partial charge in [-0.15, -0.1) is 0 Å². The van der Waals surface area contributed by atoms with Gasteiger partial charge in [-0.25, -0.2) is 5.43 Å². The van der Waals surface area contributed by atoms with Crippen LogP contribution in [0.25, 0.3) is 0 Å². The third kappa shape index (κ3) is 3.37. The van der Waals surface area contributed by atoms with Crippen LogP contribution in [0.5, 0.6) is 17.2 Å². The third-order valence-corrected chi connectivity index (χ3v) is 1.94. The Morgan fingerprint density at radius 2 is 1.88 bits per heavy atom. The minimum Gasteiger partial charge on any atom is -0.502 e. The maximum Gasteiger partial charge on any atom is 0.236 e. The highest BCUT2D eigenvalue weighted by Gasteiger charge is 2.09. The molecule has 6 nitrogen and oxygen atoms in total. The van der Waals surface area contributed by atoms with Crippen LogP contribution in [0.4, 0.5) is 0 Å². The second kappa shape index (κ2) is 5.74. The predicted molar refractivity (Wildman–Crippen MR) is 62.6 cm³/mol. The summed E-state index contributed by atoms with van der Waals surface area (Å²) in [6.45, 7) is 1.36. The van der Waals surface area contributed by atoms with Crippen molar-refractivity contribution in [3.05, 3.63) is 17.7 Å². The van der Waals surface area contributed by atoms with Gasteiger partial charge in [-0.05, 0) is 12.1 Å². The number of phenols is 1. The van der Waals surface area contributed by atoms with E-state index in [1.807, 2.05) is 0 Å². The number of hydrogen-bond donors (Lipinski definition) is 2. The first-order valence-electron chi connectivity index (χ1n) is 4.83. The van der Waals surface area contributed by atoms with Crippen LogP contribution in [0, 0.1) is 0 Å². The lowest BCUT2D eigenvalue weighted by molar-refractivity contribution is -0.118. The SMILES string of the molecule is COc1cc(/C=N\NC(C)=O)cc(OC)c1O. The summed E-state index contributed by atoms with van der Waals surface area (Å²) in [6, 6.07) is 3.15. The normalized spacial score (nSPS) is 10.3. The summed E-state index contributed by atoms with van der Waals surface area (Å²) in [6.07, 6.45) is 1.42. The Hall–Kier alpha value is -2.24. The molecular weight excluding hydrogens is 224 g/mol. The lowest BCUT2D eigenvalue weighted by Crippen LogP contribution is -2.12. The number of nitrogens with zero attached hydrogens (tertiary/aromatic N) is 1. The monoisotopic (exact) mass is 238 g/mol. The topological polar surface area (TPSA) is 80.2 Å². The molecule has 1 aromatic carbocycles. The minimum absolute atomic E-state index is 0.0772. The Labute approximate surface area is 98.9 Å². The number of phenolic OH excluding ortho intramolecular Hbond substituents is 1. The molecule has 0 aliphatic heterocycles. The van der Waals surface area contributed by atoms with Gasteiger partial charge in [0.25, 0.3) is 0 Å². The van der Waals surface area contributed by atoms with Gasteiger partial charge in [-0.1, -0.05) is 0 Å². The number of methoxy groups -OCH3 is 2. The van der Waals surface area contributed by atoms with Crippen LogP contribution in [-0.2, 0) is 4.79 Å². The summed E-state index contributed by atoms with van der Waals surface area (Å²) in [5.74, 6) is 0.202. The van der Waals surface area contributed by atoms with Crippen LogP contribution in [0.3, 0.4) is 0 Å². The van der Waals surface area contributed by atoms with Crippen molar-refractivity contribution < 1.29 is 19.4 Å². The summed E-state index contributed by atoms with van der Waals surface area (Å²) in [5.41, 5.74) is 2.90. The third-order valence-electron chi connectivity index (χ3n) is 1.94. The van der Waals surface area contributed by atoms with Gasteiger partial charge in [-0.3, -0.25) is 4.79 Å². The van der Waals surface area contributed by atoms with E-state index in [0.29, 0.717) is 5.56 Å². The fraction of sp³-hybridized carbons (Fsp3) is 0.273. The van der Waals surface area contributed by atoms with Gasteiger partial charge >= 0.3 is 0 Å². The molecule has 0 heterocycles. The summed E-state index contributed by atoms with van der Waals surface area (Å²) >= 11 is 0. The van der Waals surface area contributed by atoms with Crippen molar-refractivity contribution in [2.75, 3.05) is 14.2 Å². The van der Waals surface area contributed by atoms with E-state index >= 15 is 0 Å². The van der Waals surface area contributed by atoms with Crippen LogP contribution in [0.1, 0.15) is 12.5 Å². The highest BCUT2D eigenvalue weighted by atomic mass is 16.5. The predicted octanol–water partition coefficient (Wildman–Crippen LogP) is 0.879. The summed E-state index contributed by atoms with van der Waals surface area (Å²) in [7, 11) is 2.87. The number of hydrazone groups is 1. The highest BCUT2D eigenvalue weighted by molar-refractivity contribution is 5.83. The van der Waals surface area contributed by atoms with E-state index in [1.165, 1.54) is 27.4 Å². The van der Waals surface area contributed by atoms with Crippen molar-refractivity contribution in [2.45, 2.75) is 6.92 Å². The largest absolute Gasteiger partial charge is 0.502 e. The Morgan fingerprint density at radius 1 is 1.35 bits per heavy atom. The molecule has 0 aromatic heterocycles. The fourth-order valence-electron chi connectivity index (χ4n) is 1.19. The smallest absolute Gasteiger partial charge is 0.236 e. The Bertz CT molecular complexity index is 418. The minimum atomic E-state index is -0.265. The van der Waals surface area contributed by atoms with E-state index in [2.05, 4.69) is 10.5 Å². The average Bonchev–Trinajstić information content (AvgIpc) is 2.30. The molecule has 6 heteroatoms. The standard InChI is InChI=1S/C11H14N2O4/c1-7(14)13-12-6-8-4-9(16-2)11(15)10(5-8)17-3/h4-6,15H,1-3H3,(H,13,14)/b12-6-.